The van der Waals surface area contributed by atoms with Crippen LogP contribution in [-0.4, -0.2) is 5.75 Å². The summed E-state index contributed by atoms with van der Waals surface area (Å²) < 4.78 is 17.9. The second kappa shape index (κ2) is 9.28. The predicted molar refractivity (Wildman–Crippen MR) is 110 cm³/mol. The van der Waals surface area contributed by atoms with Gasteiger partial charge in [-0.1, -0.05) is 48.2 Å². The van der Waals surface area contributed by atoms with Gasteiger partial charge in [0.2, 0.25) is 0 Å². The van der Waals surface area contributed by atoms with Crippen LogP contribution in [0.5, 0.6) is 0 Å². The fourth-order valence-electron chi connectivity index (χ4n) is 2.79. The third kappa shape index (κ3) is 4.71. The van der Waals surface area contributed by atoms with Gasteiger partial charge in [0.15, 0.2) is 10.5 Å². The molecule has 0 aliphatic rings. The topological polar surface area (TPSA) is 30.2 Å². The standard InChI is InChI=1S/C21H21FO2S2/c1-15-20(23)18-7-2-3-8-19(18)24-21(15)25-14-17-11-9-16(10-12-17)6-4-5-13-26-22/h2-3,7-12H,4-6,13-14H2,1H3. The van der Waals surface area contributed by atoms with E-state index in [0.29, 0.717) is 39.5 Å². The fourth-order valence-corrected chi connectivity index (χ4v) is 4.05. The Hall–Kier alpha value is -1.72. The molecule has 0 unspecified atom stereocenters. The van der Waals surface area contributed by atoms with E-state index < -0.39 is 0 Å². The molecule has 0 aliphatic heterocycles. The van der Waals surface area contributed by atoms with Gasteiger partial charge >= 0.3 is 0 Å². The monoisotopic (exact) mass is 388 g/mol. The first-order chi connectivity index (χ1) is 12.7. The van der Waals surface area contributed by atoms with Gasteiger partial charge in [-0.2, -0.15) is 3.89 Å². The SMILES string of the molecule is Cc1c(SCc2ccc(CCCCSF)cc2)oc2ccccc2c1=O. The highest BCUT2D eigenvalue weighted by Gasteiger charge is 2.11. The first-order valence-corrected chi connectivity index (χ1v) is 10.5. The third-order valence-electron chi connectivity index (χ3n) is 4.31. The maximum Gasteiger partial charge on any atom is 0.196 e. The number of fused-ring (bicyclic) bond motifs is 1. The summed E-state index contributed by atoms with van der Waals surface area (Å²) in [5.41, 5.74) is 3.80. The Kier molecular flexibility index (Phi) is 6.80. The van der Waals surface area contributed by atoms with Crippen molar-refractivity contribution in [2.24, 2.45) is 0 Å². The van der Waals surface area contributed by atoms with Crippen LogP contribution in [0.2, 0.25) is 0 Å². The molecule has 0 N–H and O–H groups in total. The second-order valence-electron chi connectivity index (χ2n) is 6.22. The smallest absolute Gasteiger partial charge is 0.196 e. The van der Waals surface area contributed by atoms with E-state index >= 15 is 0 Å². The highest BCUT2D eigenvalue weighted by molar-refractivity contribution is 7.98. The molecule has 0 radical (unpaired) electrons. The summed E-state index contributed by atoms with van der Waals surface area (Å²) in [7, 11) is 0. The Bertz CT molecular complexity index is 919. The maximum atomic E-state index is 12.5. The second-order valence-corrected chi connectivity index (χ2v) is 7.79. The van der Waals surface area contributed by atoms with Crippen molar-refractivity contribution in [3.63, 3.8) is 0 Å². The molecule has 3 rings (SSSR count). The van der Waals surface area contributed by atoms with Crippen LogP contribution in [0.25, 0.3) is 11.0 Å². The van der Waals surface area contributed by atoms with Gasteiger partial charge in [-0.25, -0.2) is 0 Å². The van der Waals surface area contributed by atoms with Crippen LogP contribution < -0.4 is 5.43 Å². The molecule has 1 heterocycles. The van der Waals surface area contributed by atoms with E-state index in [1.807, 2.05) is 25.1 Å². The van der Waals surface area contributed by atoms with E-state index in [1.54, 1.807) is 17.8 Å². The van der Waals surface area contributed by atoms with Gasteiger partial charge in [0, 0.05) is 29.2 Å². The highest BCUT2D eigenvalue weighted by atomic mass is 32.2. The van der Waals surface area contributed by atoms with Gasteiger partial charge in [-0.15, -0.1) is 0 Å². The molecule has 3 aromatic rings. The molecule has 0 aliphatic carbocycles. The molecule has 136 valence electrons. The highest BCUT2D eigenvalue weighted by Crippen LogP contribution is 2.27. The lowest BCUT2D eigenvalue weighted by Gasteiger charge is -2.07. The van der Waals surface area contributed by atoms with Crippen molar-refractivity contribution in [2.75, 3.05) is 5.75 Å². The zero-order valence-corrected chi connectivity index (χ0v) is 16.3. The quantitative estimate of drug-likeness (QED) is 0.333. The minimum atomic E-state index is 0.0381. The molecular weight excluding hydrogens is 367 g/mol. The molecule has 0 saturated heterocycles. The minimum Gasteiger partial charge on any atom is -0.449 e. The van der Waals surface area contributed by atoms with Crippen molar-refractivity contribution < 1.29 is 8.30 Å². The molecule has 2 nitrogen and oxygen atoms in total. The van der Waals surface area contributed by atoms with E-state index in [0.717, 1.165) is 25.0 Å². The van der Waals surface area contributed by atoms with Gasteiger partial charge in [0.05, 0.1) is 5.39 Å². The molecule has 0 amide bonds. The van der Waals surface area contributed by atoms with Gasteiger partial charge in [0.25, 0.3) is 0 Å². The van der Waals surface area contributed by atoms with Crippen LogP contribution in [0, 0.1) is 6.92 Å². The average Bonchev–Trinajstić information content (AvgIpc) is 2.68. The Balaban J connectivity index is 1.65. The van der Waals surface area contributed by atoms with Crippen LogP contribution in [0.4, 0.5) is 3.89 Å². The molecule has 2 aromatic carbocycles. The van der Waals surface area contributed by atoms with E-state index in [-0.39, 0.29) is 5.43 Å². The van der Waals surface area contributed by atoms with Crippen molar-refractivity contribution >= 4 is 34.9 Å². The summed E-state index contributed by atoms with van der Waals surface area (Å²) in [4.78, 5) is 12.5. The summed E-state index contributed by atoms with van der Waals surface area (Å²) >= 11 is 1.96. The summed E-state index contributed by atoms with van der Waals surface area (Å²) in [6.07, 6.45) is 2.89. The maximum absolute atomic E-state index is 12.5. The first kappa shape index (κ1) is 19.1. The Morgan fingerprint density at radius 2 is 1.73 bits per heavy atom. The molecule has 0 fully saturated rings. The zero-order valence-electron chi connectivity index (χ0n) is 14.7. The molecule has 0 atom stereocenters. The molecule has 0 spiro atoms. The third-order valence-corrected chi connectivity index (χ3v) is 5.88. The van der Waals surface area contributed by atoms with Crippen molar-refractivity contribution in [3.8, 4) is 0 Å². The normalized spacial score (nSPS) is 11.2. The van der Waals surface area contributed by atoms with Crippen molar-refractivity contribution in [3.05, 3.63) is 75.4 Å². The summed E-state index contributed by atoms with van der Waals surface area (Å²) in [5, 5.41) is 1.31. The molecule has 0 bridgehead atoms. The number of benzene rings is 2. The molecule has 5 heteroatoms. The van der Waals surface area contributed by atoms with E-state index in [4.69, 9.17) is 4.42 Å². The first-order valence-electron chi connectivity index (χ1n) is 8.65. The van der Waals surface area contributed by atoms with Crippen LogP contribution in [0.1, 0.15) is 29.5 Å². The number of halogens is 1. The number of rotatable bonds is 8. The van der Waals surface area contributed by atoms with E-state index in [1.165, 1.54) is 11.1 Å². The lowest BCUT2D eigenvalue weighted by atomic mass is 10.1. The molecule has 0 saturated carbocycles. The van der Waals surface area contributed by atoms with E-state index in [9.17, 15) is 8.68 Å². The summed E-state index contributed by atoms with van der Waals surface area (Å²) in [5.74, 6) is 1.33. The number of hydrogen-bond acceptors (Lipinski definition) is 4. The van der Waals surface area contributed by atoms with Gasteiger partial charge in [-0.3, -0.25) is 4.79 Å². The Labute approximate surface area is 161 Å². The number of unbranched alkanes of at least 4 members (excludes halogenated alkanes) is 1. The minimum absolute atomic E-state index is 0.0381. The number of hydrogen-bond donors (Lipinski definition) is 0. The molecular formula is C21H21FO2S2. The number of aryl methyl sites for hydroxylation is 1. The van der Waals surface area contributed by atoms with Crippen LogP contribution >= 0.6 is 23.9 Å². The van der Waals surface area contributed by atoms with Crippen molar-refractivity contribution in [1.29, 1.82) is 0 Å². The molecule has 1 aromatic heterocycles. The van der Waals surface area contributed by atoms with Crippen LogP contribution in [0.15, 0.2) is 62.8 Å². The summed E-state index contributed by atoms with van der Waals surface area (Å²) in [6.45, 7) is 1.82. The van der Waals surface area contributed by atoms with Crippen LogP contribution in [0.3, 0.4) is 0 Å². The average molecular weight is 389 g/mol. The van der Waals surface area contributed by atoms with Crippen LogP contribution in [-0.2, 0) is 12.2 Å². The van der Waals surface area contributed by atoms with Gasteiger partial charge < -0.3 is 4.42 Å². The van der Waals surface area contributed by atoms with Gasteiger partial charge in [-0.05, 0) is 49.4 Å². The predicted octanol–water partition coefficient (Wildman–Crippen LogP) is 6.33. The Morgan fingerprint density at radius 1 is 1.00 bits per heavy atom. The lowest BCUT2D eigenvalue weighted by molar-refractivity contribution is 0.492. The zero-order chi connectivity index (χ0) is 18.4. The largest absolute Gasteiger partial charge is 0.449 e. The van der Waals surface area contributed by atoms with E-state index in [2.05, 4.69) is 24.3 Å². The fraction of sp³-hybridized carbons (Fsp3) is 0.286. The number of thioether (sulfide) groups is 1. The van der Waals surface area contributed by atoms with Gasteiger partial charge in [0.1, 0.15) is 5.58 Å². The lowest BCUT2D eigenvalue weighted by Crippen LogP contribution is -2.06. The Morgan fingerprint density at radius 3 is 2.50 bits per heavy atom. The summed E-state index contributed by atoms with van der Waals surface area (Å²) in [6, 6.07) is 15.8. The number of para-hydroxylation sites is 1. The molecule has 26 heavy (non-hydrogen) atoms. The van der Waals surface area contributed by atoms with Crippen molar-refractivity contribution in [1.82, 2.24) is 0 Å². The van der Waals surface area contributed by atoms with Crippen molar-refractivity contribution in [2.45, 2.75) is 37.0 Å².